The van der Waals surface area contributed by atoms with Gasteiger partial charge in [-0.15, -0.1) is 0 Å². The second kappa shape index (κ2) is 9.70. The van der Waals surface area contributed by atoms with Gasteiger partial charge in [-0.05, 0) is 45.8 Å². The number of nitrogens with zero attached hydrogens (tertiary/aromatic N) is 1. The predicted molar refractivity (Wildman–Crippen MR) is 107 cm³/mol. The van der Waals surface area contributed by atoms with Gasteiger partial charge in [-0.3, -0.25) is 0 Å². The Morgan fingerprint density at radius 3 is 2.64 bits per heavy atom. The highest BCUT2D eigenvalue weighted by atomic mass is 79.9. The highest BCUT2D eigenvalue weighted by Crippen LogP contribution is 2.36. The standard InChI is InChI=1S/C18H17BrCl2N2O2/c1-3-7-25-18-14(19)8-12(9-17(18)24-2)10-22-23-11-13-15(20)5-4-6-16(13)21/h3-6,8-10,23H,1,7,11H2,2H3/b22-10-. The van der Waals surface area contributed by atoms with Gasteiger partial charge in [-0.1, -0.05) is 41.9 Å². The Bertz CT molecular complexity index is 762. The van der Waals surface area contributed by atoms with E-state index in [4.69, 9.17) is 32.7 Å². The second-order valence-electron chi connectivity index (χ2n) is 4.93. The number of nitrogens with one attached hydrogen (secondary N) is 1. The van der Waals surface area contributed by atoms with E-state index in [2.05, 4.69) is 33.0 Å². The Labute approximate surface area is 165 Å². The number of methoxy groups -OCH3 is 1. The van der Waals surface area contributed by atoms with Gasteiger partial charge in [0.2, 0.25) is 0 Å². The summed E-state index contributed by atoms with van der Waals surface area (Å²) in [6, 6.07) is 9.10. The van der Waals surface area contributed by atoms with Crippen LogP contribution in [-0.4, -0.2) is 19.9 Å². The van der Waals surface area contributed by atoms with E-state index in [1.165, 1.54) is 0 Å². The molecule has 0 aliphatic heterocycles. The summed E-state index contributed by atoms with van der Waals surface area (Å²) in [7, 11) is 1.58. The Morgan fingerprint density at radius 2 is 2.00 bits per heavy atom. The summed E-state index contributed by atoms with van der Waals surface area (Å²) < 4.78 is 11.7. The molecule has 25 heavy (non-hydrogen) atoms. The first-order valence-electron chi connectivity index (χ1n) is 7.36. The minimum absolute atomic E-state index is 0.391. The molecule has 0 bridgehead atoms. The number of hydrogen-bond acceptors (Lipinski definition) is 4. The van der Waals surface area contributed by atoms with Crippen LogP contribution in [0.25, 0.3) is 0 Å². The maximum atomic E-state index is 6.12. The second-order valence-corrected chi connectivity index (χ2v) is 6.60. The van der Waals surface area contributed by atoms with Crippen LogP contribution in [0, 0.1) is 0 Å². The van der Waals surface area contributed by atoms with E-state index < -0.39 is 0 Å². The number of halogens is 3. The maximum Gasteiger partial charge on any atom is 0.175 e. The molecule has 4 nitrogen and oxygen atoms in total. The van der Waals surface area contributed by atoms with Crippen LogP contribution < -0.4 is 14.9 Å². The molecular weight excluding hydrogens is 427 g/mol. The largest absolute Gasteiger partial charge is 0.493 e. The van der Waals surface area contributed by atoms with E-state index in [9.17, 15) is 0 Å². The van der Waals surface area contributed by atoms with Crippen LogP contribution in [0.1, 0.15) is 11.1 Å². The number of hydrazone groups is 1. The van der Waals surface area contributed by atoms with Crippen molar-refractivity contribution in [1.29, 1.82) is 0 Å². The fraction of sp³-hybridized carbons (Fsp3) is 0.167. The zero-order valence-electron chi connectivity index (χ0n) is 13.6. The smallest absolute Gasteiger partial charge is 0.175 e. The van der Waals surface area contributed by atoms with E-state index >= 15 is 0 Å². The SMILES string of the molecule is C=CCOc1c(Br)cc(/C=N\NCc2c(Cl)cccc2Cl)cc1OC. The summed E-state index contributed by atoms with van der Waals surface area (Å²) >= 11 is 15.7. The zero-order valence-corrected chi connectivity index (χ0v) is 16.7. The molecule has 2 rings (SSSR count). The first kappa shape index (κ1) is 19.6. The van der Waals surface area contributed by atoms with E-state index in [0.29, 0.717) is 34.7 Å². The molecule has 0 heterocycles. The van der Waals surface area contributed by atoms with Crippen molar-refractivity contribution in [1.82, 2.24) is 5.43 Å². The van der Waals surface area contributed by atoms with Gasteiger partial charge in [0.15, 0.2) is 11.5 Å². The predicted octanol–water partition coefficient (Wildman–Crippen LogP) is 5.45. The molecule has 2 aromatic carbocycles. The first-order chi connectivity index (χ1) is 12.1. The van der Waals surface area contributed by atoms with Gasteiger partial charge in [-0.2, -0.15) is 5.10 Å². The molecule has 0 saturated carbocycles. The van der Waals surface area contributed by atoms with Crippen molar-refractivity contribution in [2.24, 2.45) is 5.10 Å². The van der Waals surface area contributed by atoms with Crippen molar-refractivity contribution < 1.29 is 9.47 Å². The molecule has 0 amide bonds. The summed E-state index contributed by atoms with van der Waals surface area (Å²) in [5.41, 5.74) is 4.58. The van der Waals surface area contributed by atoms with E-state index in [0.717, 1.165) is 15.6 Å². The zero-order chi connectivity index (χ0) is 18.2. The molecule has 1 N–H and O–H groups in total. The van der Waals surface area contributed by atoms with Crippen molar-refractivity contribution in [3.05, 3.63) is 68.6 Å². The average molecular weight is 444 g/mol. The number of benzene rings is 2. The van der Waals surface area contributed by atoms with Gasteiger partial charge in [0.1, 0.15) is 6.61 Å². The molecule has 0 aromatic heterocycles. The molecule has 0 atom stereocenters. The molecule has 0 spiro atoms. The molecule has 0 fully saturated rings. The van der Waals surface area contributed by atoms with Crippen molar-refractivity contribution in [3.63, 3.8) is 0 Å². The van der Waals surface area contributed by atoms with Crippen molar-refractivity contribution >= 4 is 45.3 Å². The molecule has 0 aliphatic rings. The van der Waals surface area contributed by atoms with Gasteiger partial charge in [0, 0.05) is 15.6 Å². The lowest BCUT2D eigenvalue weighted by Crippen LogP contribution is -2.07. The lowest BCUT2D eigenvalue weighted by molar-refractivity contribution is 0.324. The summed E-state index contributed by atoms with van der Waals surface area (Å²) in [4.78, 5) is 0. The molecular formula is C18H17BrCl2N2O2. The summed E-state index contributed by atoms with van der Waals surface area (Å²) in [6.07, 6.45) is 3.35. The molecule has 2 aromatic rings. The van der Waals surface area contributed by atoms with E-state index in [1.807, 2.05) is 12.1 Å². The highest BCUT2D eigenvalue weighted by molar-refractivity contribution is 9.10. The molecule has 0 saturated heterocycles. The number of rotatable bonds is 8. The average Bonchev–Trinajstić information content (AvgIpc) is 2.59. The van der Waals surface area contributed by atoms with Gasteiger partial charge in [0.05, 0.1) is 24.3 Å². The summed E-state index contributed by atoms with van der Waals surface area (Å²) in [6.45, 7) is 4.45. The van der Waals surface area contributed by atoms with Crippen LogP contribution in [0.2, 0.25) is 10.0 Å². The van der Waals surface area contributed by atoms with Crippen LogP contribution in [0.5, 0.6) is 11.5 Å². The number of ether oxygens (including phenoxy) is 2. The Kier molecular flexibility index (Phi) is 7.62. The third-order valence-electron chi connectivity index (χ3n) is 3.22. The molecule has 7 heteroatoms. The quantitative estimate of drug-likeness (QED) is 0.335. The lowest BCUT2D eigenvalue weighted by Gasteiger charge is -2.12. The maximum absolute atomic E-state index is 6.12. The van der Waals surface area contributed by atoms with E-state index in [-0.39, 0.29) is 0 Å². The monoisotopic (exact) mass is 442 g/mol. The van der Waals surface area contributed by atoms with Gasteiger partial charge in [-0.25, -0.2) is 0 Å². The Balaban J connectivity index is 2.08. The van der Waals surface area contributed by atoms with Crippen LogP contribution in [0.4, 0.5) is 0 Å². The van der Waals surface area contributed by atoms with E-state index in [1.54, 1.807) is 37.6 Å². The van der Waals surface area contributed by atoms with Gasteiger partial charge >= 0.3 is 0 Å². The normalized spacial score (nSPS) is 10.7. The minimum atomic E-state index is 0.391. The van der Waals surface area contributed by atoms with Gasteiger partial charge < -0.3 is 14.9 Å². The highest BCUT2D eigenvalue weighted by Gasteiger charge is 2.10. The summed E-state index contributed by atoms with van der Waals surface area (Å²) in [5.74, 6) is 1.22. The number of hydrogen-bond donors (Lipinski definition) is 1. The minimum Gasteiger partial charge on any atom is -0.493 e. The topological polar surface area (TPSA) is 42.8 Å². The molecule has 0 unspecified atom stereocenters. The van der Waals surface area contributed by atoms with Gasteiger partial charge in [0.25, 0.3) is 0 Å². The van der Waals surface area contributed by atoms with Crippen molar-refractivity contribution in [3.8, 4) is 11.5 Å². The third-order valence-corrected chi connectivity index (χ3v) is 4.52. The summed E-state index contributed by atoms with van der Waals surface area (Å²) in [5, 5.41) is 5.40. The van der Waals surface area contributed by atoms with Crippen LogP contribution >= 0.6 is 39.1 Å². The van der Waals surface area contributed by atoms with Crippen LogP contribution in [0.15, 0.2) is 52.6 Å². The van der Waals surface area contributed by atoms with Crippen molar-refractivity contribution in [2.45, 2.75) is 6.54 Å². The third kappa shape index (κ3) is 5.39. The Hall–Kier alpha value is -1.69. The van der Waals surface area contributed by atoms with Crippen LogP contribution in [0.3, 0.4) is 0 Å². The molecule has 0 aliphatic carbocycles. The van der Waals surface area contributed by atoms with Crippen LogP contribution in [-0.2, 0) is 6.54 Å². The fourth-order valence-corrected chi connectivity index (χ4v) is 3.15. The first-order valence-corrected chi connectivity index (χ1v) is 8.91. The Morgan fingerprint density at radius 1 is 1.28 bits per heavy atom. The fourth-order valence-electron chi connectivity index (χ4n) is 2.04. The molecule has 0 radical (unpaired) electrons. The molecule has 132 valence electrons. The van der Waals surface area contributed by atoms with Crippen molar-refractivity contribution in [2.75, 3.05) is 13.7 Å². The lowest BCUT2D eigenvalue weighted by atomic mass is 10.2.